The van der Waals surface area contributed by atoms with E-state index in [4.69, 9.17) is 27.9 Å². The summed E-state index contributed by atoms with van der Waals surface area (Å²) >= 11 is 12.9. The van der Waals surface area contributed by atoms with Crippen molar-refractivity contribution >= 4 is 34.2 Å². The number of ether oxygens (including phenoxy) is 1. The number of fused-ring (bicyclic) bond motifs is 3. The Morgan fingerprint density at radius 3 is 2.46 bits per heavy atom. The number of halogens is 2. The highest BCUT2D eigenvalue weighted by Gasteiger charge is 2.34. The highest BCUT2D eigenvalue weighted by Crippen LogP contribution is 2.37. The number of morpholine rings is 1. The van der Waals surface area contributed by atoms with Crippen molar-refractivity contribution in [3.05, 3.63) is 67.0 Å². The van der Waals surface area contributed by atoms with Gasteiger partial charge in [0.25, 0.3) is 0 Å². The molecule has 0 amide bonds. The van der Waals surface area contributed by atoms with Gasteiger partial charge in [-0.25, -0.2) is 4.79 Å². The molecule has 6 rings (SSSR count). The van der Waals surface area contributed by atoms with Crippen LogP contribution in [0, 0.1) is 13.8 Å². The molecule has 2 saturated heterocycles. The summed E-state index contributed by atoms with van der Waals surface area (Å²) in [6.07, 6.45) is 4.17. The van der Waals surface area contributed by atoms with E-state index >= 15 is 0 Å². The Bertz CT molecular complexity index is 1370. The van der Waals surface area contributed by atoms with E-state index in [1.54, 1.807) is 0 Å². The molecule has 3 aliphatic heterocycles. The first-order valence-corrected chi connectivity index (χ1v) is 14.4. The lowest BCUT2D eigenvalue weighted by Crippen LogP contribution is -2.44. The van der Waals surface area contributed by atoms with E-state index in [2.05, 4.69) is 35.8 Å². The molecule has 4 heterocycles. The minimum atomic E-state index is 0.0587. The third kappa shape index (κ3) is 4.87. The van der Waals surface area contributed by atoms with E-state index in [1.807, 2.05) is 21.3 Å². The van der Waals surface area contributed by atoms with Gasteiger partial charge in [0.1, 0.15) is 0 Å². The van der Waals surface area contributed by atoms with Crippen molar-refractivity contribution < 1.29 is 4.74 Å². The maximum Gasteiger partial charge on any atom is 0.329 e. The SMILES string of the molecule is Cc1cc(C)c2c(c1)CCC1CC(n3c(=O)n(CCN4CCOCC4)c4cc(Cl)c(Cl)cc43)CCN1C2. The fourth-order valence-corrected chi connectivity index (χ4v) is 7.10. The number of piperidine rings is 1. The molecule has 8 heteroatoms. The highest BCUT2D eigenvalue weighted by atomic mass is 35.5. The molecule has 3 aromatic rings. The van der Waals surface area contributed by atoms with Crippen molar-refractivity contribution in [2.24, 2.45) is 0 Å². The van der Waals surface area contributed by atoms with Crippen LogP contribution in [0.2, 0.25) is 10.0 Å². The molecule has 0 radical (unpaired) electrons. The second kappa shape index (κ2) is 10.4. The second-order valence-electron chi connectivity index (χ2n) is 11.1. The summed E-state index contributed by atoms with van der Waals surface area (Å²) in [5.41, 5.74) is 7.61. The van der Waals surface area contributed by atoms with Gasteiger partial charge in [0.15, 0.2) is 0 Å². The first-order chi connectivity index (χ1) is 17.9. The van der Waals surface area contributed by atoms with Crippen molar-refractivity contribution in [3.8, 4) is 0 Å². The maximum absolute atomic E-state index is 14.0. The lowest BCUT2D eigenvalue weighted by molar-refractivity contribution is 0.0363. The predicted octanol–water partition coefficient (Wildman–Crippen LogP) is 5.21. The zero-order chi connectivity index (χ0) is 25.7. The molecule has 198 valence electrons. The lowest BCUT2D eigenvalue weighted by Gasteiger charge is -2.39. The molecule has 3 aliphatic rings. The van der Waals surface area contributed by atoms with Gasteiger partial charge in [0.05, 0.1) is 34.3 Å². The van der Waals surface area contributed by atoms with Crippen LogP contribution in [0.25, 0.3) is 11.0 Å². The second-order valence-corrected chi connectivity index (χ2v) is 11.9. The van der Waals surface area contributed by atoms with E-state index in [-0.39, 0.29) is 11.7 Å². The molecular formula is C29H36Cl2N4O2. The summed E-state index contributed by atoms with van der Waals surface area (Å²) in [5.74, 6) is 0. The summed E-state index contributed by atoms with van der Waals surface area (Å²) < 4.78 is 9.43. The number of nitrogens with zero attached hydrogens (tertiary/aromatic N) is 4. The minimum absolute atomic E-state index is 0.0587. The molecule has 0 aliphatic carbocycles. The van der Waals surface area contributed by atoms with Crippen molar-refractivity contribution in [1.82, 2.24) is 18.9 Å². The molecule has 2 fully saturated rings. The van der Waals surface area contributed by atoms with E-state index in [0.717, 1.165) is 82.7 Å². The quantitative estimate of drug-likeness (QED) is 0.453. The van der Waals surface area contributed by atoms with Crippen LogP contribution in [0.3, 0.4) is 0 Å². The normalized spacial score (nSPS) is 23.1. The Hall–Kier alpha value is -1.83. The van der Waals surface area contributed by atoms with Crippen LogP contribution in [0.4, 0.5) is 0 Å². The Labute approximate surface area is 228 Å². The monoisotopic (exact) mass is 542 g/mol. The molecule has 0 N–H and O–H groups in total. The number of hydrogen-bond acceptors (Lipinski definition) is 4. The van der Waals surface area contributed by atoms with Crippen LogP contribution in [0.1, 0.15) is 47.6 Å². The maximum atomic E-state index is 14.0. The molecular weight excluding hydrogens is 507 g/mol. The Morgan fingerprint density at radius 1 is 0.919 bits per heavy atom. The topological polar surface area (TPSA) is 42.6 Å². The Kier molecular flexibility index (Phi) is 7.14. The number of aromatic nitrogens is 2. The van der Waals surface area contributed by atoms with Crippen LogP contribution in [-0.2, 0) is 24.2 Å². The van der Waals surface area contributed by atoms with Gasteiger partial charge in [-0.1, -0.05) is 40.9 Å². The smallest absolute Gasteiger partial charge is 0.329 e. The molecule has 6 nitrogen and oxygen atoms in total. The number of benzene rings is 2. The number of rotatable bonds is 4. The molecule has 0 saturated carbocycles. The third-order valence-corrected chi connectivity index (χ3v) is 9.46. The molecule has 37 heavy (non-hydrogen) atoms. The zero-order valence-corrected chi connectivity index (χ0v) is 23.3. The van der Waals surface area contributed by atoms with Crippen molar-refractivity contribution in [3.63, 3.8) is 0 Å². The van der Waals surface area contributed by atoms with Gasteiger partial charge in [0.2, 0.25) is 0 Å². The van der Waals surface area contributed by atoms with Crippen LogP contribution in [0.15, 0.2) is 29.1 Å². The van der Waals surface area contributed by atoms with Gasteiger partial charge in [-0.15, -0.1) is 0 Å². The van der Waals surface area contributed by atoms with Crippen molar-refractivity contribution in [2.75, 3.05) is 39.4 Å². The molecule has 1 aromatic heterocycles. The molecule has 0 spiro atoms. The standard InChI is InChI=1S/C29H36Cl2N4O2/c1-19-13-20(2)24-18-33-6-5-23(15-22(33)4-3-21(24)14-19)35-28-17-26(31)25(30)16-27(28)34(29(35)36)8-7-32-9-11-37-12-10-32/h13-14,16-17,22-23H,3-12,15,18H2,1-2H3. The van der Waals surface area contributed by atoms with E-state index < -0.39 is 0 Å². The molecule has 2 aromatic carbocycles. The average molecular weight is 544 g/mol. The van der Waals surface area contributed by atoms with Crippen LogP contribution in [-0.4, -0.2) is 64.4 Å². The van der Waals surface area contributed by atoms with Crippen LogP contribution < -0.4 is 5.69 Å². The predicted molar refractivity (Wildman–Crippen MR) is 150 cm³/mol. The largest absolute Gasteiger partial charge is 0.379 e. The van der Waals surface area contributed by atoms with Gasteiger partial charge >= 0.3 is 5.69 Å². The summed E-state index contributed by atoms with van der Waals surface area (Å²) in [6, 6.07) is 9.07. The highest BCUT2D eigenvalue weighted by molar-refractivity contribution is 6.42. The summed E-state index contributed by atoms with van der Waals surface area (Å²) in [5, 5.41) is 0.995. The summed E-state index contributed by atoms with van der Waals surface area (Å²) in [7, 11) is 0. The average Bonchev–Trinajstić information content (AvgIpc) is 3.01. The van der Waals surface area contributed by atoms with Gasteiger partial charge in [-0.05, 0) is 68.4 Å². The van der Waals surface area contributed by atoms with E-state index in [1.165, 1.54) is 22.3 Å². The van der Waals surface area contributed by atoms with Crippen LogP contribution >= 0.6 is 23.2 Å². The first kappa shape index (κ1) is 25.4. The first-order valence-electron chi connectivity index (χ1n) is 13.6. The fourth-order valence-electron chi connectivity index (χ4n) is 6.79. The summed E-state index contributed by atoms with van der Waals surface area (Å²) in [4.78, 5) is 19.0. The lowest BCUT2D eigenvalue weighted by atomic mass is 9.93. The van der Waals surface area contributed by atoms with E-state index in [0.29, 0.717) is 22.6 Å². The Balaban J connectivity index is 1.30. The van der Waals surface area contributed by atoms with Crippen molar-refractivity contribution in [1.29, 1.82) is 0 Å². The zero-order valence-electron chi connectivity index (χ0n) is 21.8. The van der Waals surface area contributed by atoms with Gasteiger partial charge in [0, 0.05) is 51.4 Å². The summed E-state index contributed by atoms with van der Waals surface area (Å²) in [6.45, 7) is 11.2. The Morgan fingerprint density at radius 2 is 1.68 bits per heavy atom. The van der Waals surface area contributed by atoms with Gasteiger partial charge in [-0.3, -0.25) is 18.9 Å². The van der Waals surface area contributed by atoms with Gasteiger partial charge in [-0.2, -0.15) is 0 Å². The van der Waals surface area contributed by atoms with E-state index in [9.17, 15) is 4.79 Å². The molecule has 2 unspecified atom stereocenters. The van der Waals surface area contributed by atoms with Crippen LogP contribution in [0.5, 0.6) is 0 Å². The number of imidazole rings is 1. The van der Waals surface area contributed by atoms with Crippen molar-refractivity contribution in [2.45, 2.75) is 64.7 Å². The minimum Gasteiger partial charge on any atom is -0.379 e. The number of hydrogen-bond donors (Lipinski definition) is 0. The van der Waals surface area contributed by atoms with Gasteiger partial charge < -0.3 is 4.74 Å². The molecule has 0 bridgehead atoms. The number of aryl methyl sites for hydroxylation is 3. The third-order valence-electron chi connectivity index (χ3n) is 8.74. The fraction of sp³-hybridized carbons (Fsp3) is 0.552. The molecule has 2 atom stereocenters.